The molecular weight excluding hydrogens is 250 g/mol. The van der Waals surface area contributed by atoms with E-state index in [-0.39, 0.29) is 19.1 Å². The summed E-state index contributed by atoms with van der Waals surface area (Å²) in [6.07, 6.45) is 1.10. The van der Waals surface area contributed by atoms with Crippen LogP contribution in [0, 0.1) is 0 Å². The van der Waals surface area contributed by atoms with Crippen molar-refractivity contribution < 1.29 is 14.3 Å². The first-order valence-electron chi connectivity index (χ1n) is 6.16. The molecule has 1 N–H and O–H groups in total. The van der Waals surface area contributed by atoms with E-state index in [1.807, 2.05) is 13.8 Å². The number of amides is 2. The van der Waals surface area contributed by atoms with Crippen molar-refractivity contribution in [2.45, 2.75) is 33.0 Å². The fourth-order valence-electron chi connectivity index (χ4n) is 1.65. The summed E-state index contributed by atoms with van der Waals surface area (Å²) in [7, 11) is 0. The predicted octanol–water partition coefficient (Wildman–Crippen LogP) is -0.245. The molecule has 0 radical (unpaired) electrons. The van der Waals surface area contributed by atoms with Gasteiger partial charge in [-0.2, -0.15) is 0 Å². The van der Waals surface area contributed by atoms with Gasteiger partial charge in [0.15, 0.2) is 0 Å². The van der Waals surface area contributed by atoms with E-state index in [2.05, 4.69) is 15.6 Å². The third-order valence-corrected chi connectivity index (χ3v) is 2.64. The number of rotatable bonds is 5. The zero-order valence-electron chi connectivity index (χ0n) is 11.0. The first-order valence-corrected chi connectivity index (χ1v) is 6.16. The molecule has 19 heavy (non-hydrogen) atoms. The maximum Gasteiger partial charge on any atom is 0.416 e. The van der Waals surface area contributed by atoms with E-state index in [1.54, 1.807) is 6.20 Å². The van der Waals surface area contributed by atoms with E-state index in [0.29, 0.717) is 19.1 Å². The lowest BCUT2D eigenvalue weighted by molar-refractivity contribution is -0.128. The molecule has 2 rings (SSSR count). The Morgan fingerprint density at radius 2 is 2.37 bits per heavy atom. The lowest BCUT2D eigenvalue weighted by Gasteiger charge is -2.09. The van der Waals surface area contributed by atoms with Crippen molar-refractivity contribution in [2.24, 2.45) is 0 Å². The number of nitrogens with one attached hydrogen (secondary N) is 1. The number of ether oxygens (including phenoxy) is 1. The average molecular weight is 267 g/mol. The fraction of sp³-hybridized carbons (Fsp3) is 0.636. The molecule has 1 saturated heterocycles. The Labute approximate surface area is 110 Å². The minimum absolute atomic E-state index is 0.0101. The van der Waals surface area contributed by atoms with E-state index in [1.165, 1.54) is 4.68 Å². The molecule has 8 heteroatoms. The van der Waals surface area contributed by atoms with Crippen LogP contribution in [0.3, 0.4) is 0 Å². The summed E-state index contributed by atoms with van der Waals surface area (Å²) in [4.78, 5) is 24.1. The molecule has 104 valence electrons. The molecular formula is C11H17N5O3. The van der Waals surface area contributed by atoms with Crippen molar-refractivity contribution in [3.05, 3.63) is 11.9 Å². The number of carbonyl (C=O) groups is 2. The number of hydrogen-bond donors (Lipinski definition) is 1. The van der Waals surface area contributed by atoms with E-state index < -0.39 is 6.09 Å². The molecule has 0 bridgehead atoms. The van der Waals surface area contributed by atoms with E-state index >= 15 is 0 Å². The molecule has 0 aromatic carbocycles. The van der Waals surface area contributed by atoms with Crippen LogP contribution in [0.4, 0.5) is 4.79 Å². The molecule has 1 fully saturated rings. The Hall–Kier alpha value is -1.96. The van der Waals surface area contributed by atoms with Crippen LogP contribution in [0.25, 0.3) is 0 Å². The highest BCUT2D eigenvalue weighted by Gasteiger charge is 2.28. The van der Waals surface area contributed by atoms with Gasteiger partial charge in [0.1, 0.15) is 13.2 Å². The lowest BCUT2D eigenvalue weighted by Crippen LogP contribution is -2.34. The van der Waals surface area contributed by atoms with Gasteiger partial charge in [0.05, 0.1) is 18.4 Å². The molecule has 1 aromatic rings. The smallest absolute Gasteiger partial charge is 0.416 e. The van der Waals surface area contributed by atoms with E-state index in [0.717, 1.165) is 10.6 Å². The minimum atomic E-state index is -0.591. The van der Waals surface area contributed by atoms with Crippen molar-refractivity contribution in [1.82, 2.24) is 25.2 Å². The van der Waals surface area contributed by atoms with E-state index in [9.17, 15) is 9.59 Å². The molecule has 0 unspecified atom stereocenters. The van der Waals surface area contributed by atoms with Crippen molar-refractivity contribution in [1.29, 1.82) is 0 Å². The van der Waals surface area contributed by atoms with Crippen LogP contribution in [0.2, 0.25) is 0 Å². The highest BCUT2D eigenvalue weighted by Crippen LogP contribution is 2.05. The standard InChI is InChI=1S/C11H17N5O3/c1-8(2)12-5-9-6-15(14-13-9)7-10(17)16-3-4-19-11(16)18/h6,8,12H,3-5,7H2,1-2H3. The molecule has 0 spiro atoms. The maximum absolute atomic E-state index is 11.8. The Bertz CT molecular complexity index is 471. The number of hydrogen-bond acceptors (Lipinski definition) is 6. The first kappa shape index (κ1) is 13.5. The molecule has 0 saturated carbocycles. The van der Waals surface area contributed by atoms with Crippen LogP contribution in [0.1, 0.15) is 19.5 Å². The van der Waals surface area contributed by atoms with Crippen LogP contribution < -0.4 is 5.32 Å². The zero-order valence-corrected chi connectivity index (χ0v) is 11.0. The van der Waals surface area contributed by atoms with Crippen LogP contribution in [0.5, 0.6) is 0 Å². The lowest BCUT2D eigenvalue weighted by atomic mass is 10.3. The van der Waals surface area contributed by atoms with Crippen molar-refractivity contribution in [3.8, 4) is 0 Å². The van der Waals surface area contributed by atoms with Gasteiger partial charge in [-0.1, -0.05) is 19.1 Å². The highest BCUT2D eigenvalue weighted by atomic mass is 16.6. The Morgan fingerprint density at radius 1 is 1.58 bits per heavy atom. The van der Waals surface area contributed by atoms with Gasteiger partial charge in [-0.05, 0) is 0 Å². The van der Waals surface area contributed by atoms with Crippen molar-refractivity contribution >= 4 is 12.0 Å². The van der Waals surface area contributed by atoms with Gasteiger partial charge in [0, 0.05) is 12.6 Å². The molecule has 0 aliphatic carbocycles. The molecule has 8 nitrogen and oxygen atoms in total. The summed E-state index contributed by atoms with van der Waals surface area (Å²) in [6, 6.07) is 0.353. The molecule has 0 atom stereocenters. The third-order valence-electron chi connectivity index (χ3n) is 2.64. The van der Waals surface area contributed by atoms with Crippen LogP contribution >= 0.6 is 0 Å². The number of aromatic nitrogens is 3. The second-order valence-corrected chi connectivity index (χ2v) is 4.60. The number of carbonyl (C=O) groups excluding carboxylic acids is 2. The van der Waals surface area contributed by atoms with Crippen LogP contribution in [0.15, 0.2) is 6.20 Å². The van der Waals surface area contributed by atoms with Gasteiger partial charge < -0.3 is 10.1 Å². The molecule has 1 aromatic heterocycles. The molecule has 2 amide bonds. The van der Waals surface area contributed by atoms with Gasteiger partial charge in [0.2, 0.25) is 0 Å². The number of cyclic esters (lactones) is 1. The maximum atomic E-state index is 11.8. The van der Waals surface area contributed by atoms with Gasteiger partial charge in [-0.3, -0.25) is 4.79 Å². The van der Waals surface area contributed by atoms with Crippen LogP contribution in [-0.4, -0.2) is 51.1 Å². The van der Waals surface area contributed by atoms with Gasteiger partial charge >= 0.3 is 6.09 Å². The zero-order chi connectivity index (χ0) is 13.8. The molecule has 2 heterocycles. The van der Waals surface area contributed by atoms with Crippen molar-refractivity contribution in [3.63, 3.8) is 0 Å². The summed E-state index contributed by atoms with van der Waals surface area (Å²) < 4.78 is 6.13. The van der Waals surface area contributed by atoms with Gasteiger partial charge in [0.25, 0.3) is 5.91 Å². The van der Waals surface area contributed by atoms with Gasteiger partial charge in [-0.15, -0.1) is 5.10 Å². The second kappa shape index (κ2) is 5.79. The fourth-order valence-corrected chi connectivity index (χ4v) is 1.65. The Morgan fingerprint density at radius 3 is 3.00 bits per heavy atom. The summed E-state index contributed by atoms with van der Waals surface area (Å²) in [5.74, 6) is -0.337. The predicted molar refractivity (Wildman–Crippen MR) is 65.1 cm³/mol. The minimum Gasteiger partial charge on any atom is -0.447 e. The first-order chi connectivity index (χ1) is 9.06. The normalized spacial score (nSPS) is 15.1. The summed E-state index contributed by atoms with van der Waals surface area (Å²) in [6.45, 7) is 5.21. The third kappa shape index (κ3) is 3.50. The summed E-state index contributed by atoms with van der Waals surface area (Å²) >= 11 is 0. The average Bonchev–Trinajstić information content (AvgIpc) is 2.95. The quantitative estimate of drug-likeness (QED) is 0.791. The summed E-state index contributed by atoms with van der Waals surface area (Å²) in [5.41, 5.74) is 0.755. The van der Waals surface area contributed by atoms with Crippen LogP contribution in [-0.2, 0) is 22.6 Å². The second-order valence-electron chi connectivity index (χ2n) is 4.60. The largest absolute Gasteiger partial charge is 0.447 e. The number of nitrogens with zero attached hydrogens (tertiary/aromatic N) is 4. The Balaban J connectivity index is 1.89. The van der Waals surface area contributed by atoms with E-state index in [4.69, 9.17) is 4.74 Å². The highest BCUT2D eigenvalue weighted by molar-refractivity contribution is 5.92. The SMILES string of the molecule is CC(C)NCc1cn(CC(=O)N2CCOC2=O)nn1. The molecule has 1 aliphatic heterocycles. The molecule has 1 aliphatic rings. The topological polar surface area (TPSA) is 89.4 Å². The monoisotopic (exact) mass is 267 g/mol. The van der Waals surface area contributed by atoms with Crippen molar-refractivity contribution in [2.75, 3.05) is 13.2 Å². The van der Waals surface area contributed by atoms with Gasteiger partial charge in [-0.25, -0.2) is 14.4 Å². The number of imide groups is 1. The Kier molecular flexibility index (Phi) is 4.10. The summed E-state index contributed by atoms with van der Waals surface area (Å²) in [5, 5.41) is 11.0.